The molecule has 0 bridgehead atoms. The first kappa shape index (κ1) is 11.5. The van der Waals surface area contributed by atoms with Crippen LogP contribution in [0.4, 0.5) is 0 Å². The molecular formula is C10H20N2O2. The Morgan fingerprint density at radius 2 is 2.21 bits per heavy atom. The summed E-state index contributed by atoms with van der Waals surface area (Å²) >= 11 is 0. The number of amides is 1. The summed E-state index contributed by atoms with van der Waals surface area (Å²) in [4.78, 5) is 10.6. The summed E-state index contributed by atoms with van der Waals surface area (Å²) in [7, 11) is 0. The van der Waals surface area contributed by atoms with Crippen molar-refractivity contribution in [2.45, 2.75) is 32.2 Å². The van der Waals surface area contributed by atoms with Gasteiger partial charge in [0, 0.05) is 25.7 Å². The second-order valence-electron chi connectivity index (χ2n) is 4.04. The fourth-order valence-electron chi connectivity index (χ4n) is 1.69. The van der Waals surface area contributed by atoms with Gasteiger partial charge in [-0.25, -0.2) is 0 Å². The summed E-state index contributed by atoms with van der Waals surface area (Å²) in [5, 5.41) is 3.33. The summed E-state index contributed by atoms with van der Waals surface area (Å²) < 4.78 is 5.27. The number of rotatable bonds is 5. The lowest BCUT2D eigenvalue weighted by atomic mass is 10.00. The zero-order valence-electron chi connectivity index (χ0n) is 8.79. The molecule has 0 aliphatic carbocycles. The average molecular weight is 200 g/mol. The van der Waals surface area contributed by atoms with Gasteiger partial charge in [-0.2, -0.15) is 0 Å². The van der Waals surface area contributed by atoms with Crippen LogP contribution in [-0.2, 0) is 9.53 Å². The highest BCUT2D eigenvalue weighted by Crippen LogP contribution is 2.13. The van der Waals surface area contributed by atoms with Crippen LogP contribution in [-0.4, -0.2) is 31.7 Å². The largest absolute Gasteiger partial charge is 0.381 e. The molecule has 0 aromatic carbocycles. The second-order valence-corrected chi connectivity index (χ2v) is 4.04. The third-order valence-corrected chi connectivity index (χ3v) is 2.60. The molecule has 1 aliphatic heterocycles. The van der Waals surface area contributed by atoms with Gasteiger partial charge in [0.2, 0.25) is 5.91 Å². The third-order valence-electron chi connectivity index (χ3n) is 2.60. The summed E-state index contributed by atoms with van der Waals surface area (Å²) in [6.07, 6.45) is 2.66. The molecule has 4 heteroatoms. The van der Waals surface area contributed by atoms with Crippen LogP contribution in [0.1, 0.15) is 26.2 Å². The molecule has 82 valence electrons. The number of ether oxygens (including phenoxy) is 1. The van der Waals surface area contributed by atoms with E-state index in [-0.39, 0.29) is 11.9 Å². The smallest absolute Gasteiger partial charge is 0.218 e. The third kappa shape index (κ3) is 4.58. The zero-order chi connectivity index (χ0) is 10.4. The average Bonchev–Trinajstić information content (AvgIpc) is 2.15. The van der Waals surface area contributed by atoms with Crippen LogP contribution in [0.5, 0.6) is 0 Å². The Morgan fingerprint density at radius 1 is 1.57 bits per heavy atom. The number of nitrogens with two attached hydrogens (primary N) is 1. The van der Waals surface area contributed by atoms with E-state index in [1.165, 1.54) is 0 Å². The van der Waals surface area contributed by atoms with Crippen LogP contribution in [0.25, 0.3) is 0 Å². The fourth-order valence-corrected chi connectivity index (χ4v) is 1.69. The van der Waals surface area contributed by atoms with E-state index in [1.807, 2.05) is 6.92 Å². The highest BCUT2D eigenvalue weighted by molar-refractivity contribution is 5.74. The van der Waals surface area contributed by atoms with E-state index in [0.717, 1.165) is 32.6 Å². The van der Waals surface area contributed by atoms with Crippen molar-refractivity contribution in [2.75, 3.05) is 19.8 Å². The number of carbonyl (C=O) groups excluding carboxylic acids is 1. The minimum Gasteiger partial charge on any atom is -0.381 e. The van der Waals surface area contributed by atoms with Crippen LogP contribution in [0.2, 0.25) is 0 Å². The van der Waals surface area contributed by atoms with Gasteiger partial charge in [-0.3, -0.25) is 4.79 Å². The molecule has 0 aromatic rings. The topological polar surface area (TPSA) is 64.4 Å². The second kappa shape index (κ2) is 5.98. The SMILES string of the molecule is CC(CC(N)=O)NCC1CCOCC1. The standard InChI is InChI=1S/C10H20N2O2/c1-8(6-10(11)13)12-7-9-2-4-14-5-3-9/h8-9,12H,2-7H2,1H3,(H2,11,13). The van der Waals surface area contributed by atoms with E-state index in [4.69, 9.17) is 10.5 Å². The molecule has 0 aromatic heterocycles. The van der Waals surface area contributed by atoms with Gasteiger partial charge in [0.1, 0.15) is 0 Å². The summed E-state index contributed by atoms with van der Waals surface area (Å²) in [5.41, 5.74) is 5.10. The van der Waals surface area contributed by atoms with Crippen molar-refractivity contribution in [2.24, 2.45) is 11.7 Å². The van der Waals surface area contributed by atoms with Gasteiger partial charge in [0.05, 0.1) is 0 Å². The lowest BCUT2D eigenvalue weighted by Crippen LogP contribution is -2.36. The minimum atomic E-state index is -0.239. The van der Waals surface area contributed by atoms with Gasteiger partial charge in [-0.15, -0.1) is 0 Å². The molecule has 4 nitrogen and oxygen atoms in total. The monoisotopic (exact) mass is 200 g/mol. The van der Waals surface area contributed by atoms with Crippen molar-refractivity contribution in [1.82, 2.24) is 5.32 Å². The molecule has 1 rings (SSSR count). The Bertz CT molecular complexity index is 179. The van der Waals surface area contributed by atoms with E-state index in [0.29, 0.717) is 12.3 Å². The minimum absolute atomic E-state index is 0.190. The first-order valence-electron chi connectivity index (χ1n) is 5.28. The molecule has 1 atom stereocenters. The van der Waals surface area contributed by atoms with Crippen molar-refractivity contribution >= 4 is 5.91 Å². The summed E-state index contributed by atoms with van der Waals surface area (Å²) in [6, 6.07) is 0.190. The van der Waals surface area contributed by atoms with Gasteiger partial charge in [0.15, 0.2) is 0 Å². The van der Waals surface area contributed by atoms with Gasteiger partial charge >= 0.3 is 0 Å². The van der Waals surface area contributed by atoms with Gasteiger partial charge in [-0.1, -0.05) is 0 Å². The maximum Gasteiger partial charge on any atom is 0.218 e. The van der Waals surface area contributed by atoms with E-state index < -0.39 is 0 Å². The number of nitrogens with one attached hydrogen (secondary N) is 1. The lowest BCUT2D eigenvalue weighted by Gasteiger charge is -2.23. The van der Waals surface area contributed by atoms with Gasteiger partial charge in [0.25, 0.3) is 0 Å². The Hall–Kier alpha value is -0.610. The number of hydrogen-bond donors (Lipinski definition) is 2. The van der Waals surface area contributed by atoms with E-state index >= 15 is 0 Å². The van der Waals surface area contributed by atoms with E-state index in [1.54, 1.807) is 0 Å². The number of primary amides is 1. The molecule has 1 heterocycles. The molecule has 1 unspecified atom stereocenters. The van der Waals surface area contributed by atoms with Crippen LogP contribution >= 0.6 is 0 Å². The van der Waals surface area contributed by atoms with Crippen LogP contribution in [0, 0.1) is 5.92 Å². The molecule has 3 N–H and O–H groups in total. The zero-order valence-corrected chi connectivity index (χ0v) is 8.79. The highest BCUT2D eigenvalue weighted by Gasteiger charge is 2.14. The van der Waals surface area contributed by atoms with Crippen molar-refractivity contribution < 1.29 is 9.53 Å². The first-order valence-corrected chi connectivity index (χ1v) is 5.28. The Labute approximate surface area is 85.2 Å². The molecule has 1 fully saturated rings. The number of carbonyl (C=O) groups is 1. The molecule has 1 amide bonds. The van der Waals surface area contributed by atoms with Crippen molar-refractivity contribution in [1.29, 1.82) is 0 Å². The molecule has 0 spiro atoms. The maximum absolute atomic E-state index is 10.6. The lowest BCUT2D eigenvalue weighted by molar-refractivity contribution is -0.118. The normalized spacial score (nSPS) is 20.6. The fraction of sp³-hybridized carbons (Fsp3) is 0.900. The number of hydrogen-bond acceptors (Lipinski definition) is 3. The Morgan fingerprint density at radius 3 is 2.79 bits per heavy atom. The highest BCUT2D eigenvalue weighted by atomic mass is 16.5. The Balaban J connectivity index is 2.09. The quantitative estimate of drug-likeness (QED) is 0.669. The van der Waals surface area contributed by atoms with Gasteiger partial charge < -0.3 is 15.8 Å². The summed E-state index contributed by atoms with van der Waals surface area (Å²) in [5.74, 6) is 0.455. The van der Waals surface area contributed by atoms with Crippen LogP contribution in [0.3, 0.4) is 0 Å². The molecule has 14 heavy (non-hydrogen) atoms. The Kier molecular flexibility index (Phi) is 4.90. The predicted molar refractivity (Wildman–Crippen MR) is 54.8 cm³/mol. The maximum atomic E-state index is 10.6. The molecule has 1 saturated heterocycles. The molecular weight excluding hydrogens is 180 g/mol. The summed E-state index contributed by atoms with van der Waals surface area (Å²) in [6.45, 7) is 4.70. The van der Waals surface area contributed by atoms with E-state index in [9.17, 15) is 4.79 Å². The molecule has 1 aliphatic rings. The van der Waals surface area contributed by atoms with Crippen LogP contribution < -0.4 is 11.1 Å². The van der Waals surface area contributed by atoms with Crippen molar-refractivity contribution in [3.63, 3.8) is 0 Å². The molecule has 0 saturated carbocycles. The van der Waals surface area contributed by atoms with E-state index in [2.05, 4.69) is 5.32 Å². The first-order chi connectivity index (χ1) is 6.68. The van der Waals surface area contributed by atoms with Crippen molar-refractivity contribution in [3.8, 4) is 0 Å². The molecule has 0 radical (unpaired) electrons. The van der Waals surface area contributed by atoms with Gasteiger partial charge in [-0.05, 0) is 32.2 Å². The predicted octanol–water partition coefficient (Wildman–Crippen LogP) is 0.267. The van der Waals surface area contributed by atoms with Crippen LogP contribution in [0.15, 0.2) is 0 Å². The van der Waals surface area contributed by atoms with Crippen molar-refractivity contribution in [3.05, 3.63) is 0 Å².